The Hall–Kier alpha value is -0.0900. The van der Waals surface area contributed by atoms with E-state index in [9.17, 15) is 0 Å². The molecule has 0 bridgehead atoms. The van der Waals surface area contributed by atoms with Gasteiger partial charge in [0, 0.05) is 6.92 Å². The molecule has 0 aromatic carbocycles. The van der Waals surface area contributed by atoms with E-state index in [4.69, 9.17) is 0 Å². The Labute approximate surface area is 49.7 Å². The SMILES string of the molecule is [CH2]C#CC(C)SC. The van der Waals surface area contributed by atoms with Gasteiger partial charge in [0.15, 0.2) is 0 Å². The van der Waals surface area contributed by atoms with Crippen LogP contribution in [-0.4, -0.2) is 11.5 Å². The fraction of sp³-hybridized carbons (Fsp3) is 0.500. The number of thioether (sulfide) groups is 1. The fourth-order valence-corrected chi connectivity index (χ4v) is 0.404. The van der Waals surface area contributed by atoms with Crippen LogP contribution in [0.25, 0.3) is 0 Å². The second-order valence-electron chi connectivity index (χ2n) is 1.20. The predicted octanol–water partition coefficient (Wildman–Crippen LogP) is 1.58. The minimum absolute atomic E-state index is 0.442. The maximum atomic E-state index is 3.40. The van der Waals surface area contributed by atoms with E-state index in [2.05, 4.69) is 25.7 Å². The third kappa shape index (κ3) is 3.75. The summed E-state index contributed by atoms with van der Waals surface area (Å²) >= 11 is 1.74. The molecule has 0 fully saturated rings. The molecule has 0 aromatic rings. The van der Waals surface area contributed by atoms with Crippen molar-refractivity contribution in [1.29, 1.82) is 0 Å². The van der Waals surface area contributed by atoms with Crippen molar-refractivity contribution in [2.75, 3.05) is 6.26 Å². The van der Waals surface area contributed by atoms with Gasteiger partial charge in [0.25, 0.3) is 0 Å². The van der Waals surface area contributed by atoms with Crippen LogP contribution in [0.5, 0.6) is 0 Å². The lowest BCUT2D eigenvalue weighted by atomic mass is 10.5. The fourth-order valence-electron chi connectivity index (χ4n) is 0.203. The van der Waals surface area contributed by atoms with Gasteiger partial charge >= 0.3 is 0 Å². The molecule has 0 spiro atoms. The van der Waals surface area contributed by atoms with Crippen LogP contribution < -0.4 is 0 Å². The number of rotatable bonds is 1. The van der Waals surface area contributed by atoms with E-state index in [1.165, 1.54) is 0 Å². The minimum atomic E-state index is 0.442. The minimum Gasteiger partial charge on any atom is -0.149 e. The molecule has 7 heavy (non-hydrogen) atoms. The van der Waals surface area contributed by atoms with Crippen LogP contribution in [0.3, 0.4) is 0 Å². The summed E-state index contributed by atoms with van der Waals surface area (Å²) in [7, 11) is 0. The summed E-state index contributed by atoms with van der Waals surface area (Å²) in [6.45, 7) is 5.46. The van der Waals surface area contributed by atoms with Crippen LogP contribution in [0.4, 0.5) is 0 Å². The Morgan fingerprint density at radius 3 is 2.43 bits per heavy atom. The molecule has 0 N–H and O–H groups in total. The van der Waals surface area contributed by atoms with Crippen molar-refractivity contribution < 1.29 is 0 Å². The van der Waals surface area contributed by atoms with Gasteiger partial charge in [-0.3, -0.25) is 0 Å². The summed E-state index contributed by atoms with van der Waals surface area (Å²) in [5.74, 6) is 5.49. The van der Waals surface area contributed by atoms with Crippen LogP contribution in [-0.2, 0) is 0 Å². The van der Waals surface area contributed by atoms with E-state index in [-0.39, 0.29) is 0 Å². The Morgan fingerprint density at radius 2 is 2.29 bits per heavy atom. The van der Waals surface area contributed by atoms with Crippen molar-refractivity contribution in [3.63, 3.8) is 0 Å². The van der Waals surface area contributed by atoms with Crippen LogP contribution in [0.1, 0.15) is 6.92 Å². The highest BCUT2D eigenvalue weighted by Gasteiger charge is 1.86. The van der Waals surface area contributed by atoms with Gasteiger partial charge < -0.3 is 0 Å². The summed E-state index contributed by atoms with van der Waals surface area (Å²) in [6.07, 6.45) is 2.04. The van der Waals surface area contributed by atoms with Crippen molar-refractivity contribution in [2.45, 2.75) is 12.2 Å². The molecule has 0 aliphatic heterocycles. The molecule has 39 valence electrons. The first-order valence-electron chi connectivity index (χ1n) is 2.11. The maximum absolute atomic E-state index is 3.40. The lowest BCUT2D eigenvalue weighted by Crippen LogP contribution is -1.85. The summed E-state index contributed by atoms with van der Waals surface area (Å²) in [5.41, 5.74) is 0. The van der Waals surface area contributed by atoms with Crippen LogP contribution in [0.2, 0.25) is 0 Å². The summed E-state index contributed by atoms with van der Waals surface area (Å²) in [4.78, 5) is 0. The van der Waals surface area contributed by atoms with Gasteiger partial charge in [-0.1, -0.05) is 5.92 Å². The lowest BCUT2D eigenvalue weighted by Gasteiger charge is -1.91. The molecule has 0 aliphatic rings. The molecule has 0 heterocycles. The molecule has 1 unspecified atom stereocenters. The highest BCUT2D eigenvalue weighted by Crippen LogP contribution is 2.01. The van der Waals surface area contributed by atoms with E-state index in [1.807, 2.05) is 6.26 Å². The van der Waals surface area contributed by atoms with Crippen molar-refractivity contribution in [3.8, 4) is 11.8 Å². The molecule has 0 aromatic heterocycles. The van der Waals surface area contributed by atoms with E-state index in [1.54, 1.807) is 11.8 Å². The van der Waals surface area contributed by atoms with Gasteiger partial charge in [-0.25, -0.2) is 0 Å². The van der Waals surface area contributed by atoms with Gasteiger partial charge in [-0.05, 0) is 13.2 Å². The quantitative estimate of drug-likeness (QED) is 0.465. The van der Waals surface area contributed by atoms with Gasteiger partial charge in [-0.15, -0.1) is 17.7 Å². The first-order valence-corrected chi connectivity index (χ1v) is 3.40. The van der Waals surface area contributed by atoms with Crippen molar-refractivity contribution in [3.05, 3.63) is 6.92 Å². The van der Waals surface area contributed by atoms with Crippen LogP contribution >= 0.6 is 11.8 Å². The molecule has 0 aliphatic carbocycles. The van der Waals surface area contributed by atoms with Crippen LogP contribution in [0.15, 0.2) is 0 Å². The van der Waals surface area contributed by atoms with Gasteiger partial charge in [0.2, 0.25) is 0 Å². The standard InChI is InChI=1S/C6H9S/c1-4-5-6(2)7-3/h6H,1H2,2-3H3. The number of hydrogen-bond acceptors (Lipinski definition) is 1. The van der Waals surface area contributed by atoms with Crippen molar-refractivity contribution in [2.24, 2.45) is 0 Å². The topological polar surface area (TPSA) is 0 Å². The Morgan fingerprint density at radius 1 is 1.71 bits per heavy atom. The van der Waals surface area contributed by atoms with E-state index < -0.39 is 0 Å². The maximum Gasteiger partial charge on any atom is 0.0626 e. The summed E-state index contributed by atoms with van der Waals surface area (Å²) < 4.78 is 0. The molecular formula is C6H9S. The molecule has 0 rings (SSSR count). The summed E-state index contributed by atoms with van der Waals surface area (Å²) in [5, 5.41) is 0.442. The monoisotopic (exact) mass is 113 g/mol. The Bertz CT molecular complexity index is 86.1. The van der Waals surface area contributed by atoms with Gasteiger partial charge in [0.1, 0.15) is 0 Å². The molecule has 0 nitrogen and oxygen atoms in total. The third-order valence-corrected chi connectivity index (χ3v) is 1.48. The first kappa shape index (κ1) is 6.91. The largest absolute Gasteiger partial charge is 0.149 e. The van der Waals surface area contributed by atoms with Crippen LogP contribution in [0, 0.1) is 18.8 Å². The highest BCUT2D eigenvalue weighted by molar-refractivity contribution is 7.99. The van der Waals surface area contributed by atoms with E-state index in [0.717, 1.165) is 0 Å². The molecule has 1 atom stereocenters. The smallest absolute Gasteiger partial charge is 0.0626 e. The Balaban J connectivity index is 3.29. The molecule has 0 saturated heterocycles. The number of hydrogen-bond donors (Lipinski definition) is 0. The molecular weight excluding hydrogens is 104 g/mol. The van der Waals surface area contributed by atoms with Crippen molar-refractivity contribution >= 4 is 11.8 Å². The van der Waals surface area contributed by atoms with E-state index in [0.29, 0.717) is 5.25 Å². The molecule has 0 saturated carbocycles. The molecule has 1 heteroatoms. The zero-order valence-electron chi connectivity index (χ0n) is 4.69. The Kier molecular flexibility index (Phi) is 4.03. The molecule has 0 amide bonds. The zero-order valence-corrected chi connectivity index (χ0v) is 5.51. The van der Waals surface area contributed by atoms with Gasteiger partial charge in [0.05, 0.1) is 5.25 Å². The molecule has 1 radical (unpaired) electrons. The third-order valence-electron chi connectivity index (χ3n) is 0.659. The average molecular weight is 113 g/mol. The zero-order chi connectivity index (χ0) is 5.70. The second-order valence-corrected chi connectivity index (χ2v) is 2.38. The second kappa shape index (κ2) is 4.08. The summed E-state index contributed by atoms with van der Waals surface area (Å²) in [6, 6.07) is 0. The predicted molar refractivity (Wildman–Crippen MR) is 36.1 cm³/mol. The van der Waals surface area contributed by atoms with E-state index >= 15 is 0 Å². The average Bonchev–Trinajstić information content (AvgIpc) is 1.68. The first-order chi connectivity index (χ1) is 3.31. The van der Waals surface area contributed by atoms with Crippen molar-refractivity contribution in [1.82, 2.24) is 0 Å². The normalized spacial score (nSPS) is 11.9. The highest BCUT2D eigenvalue weighted by atomic mass is 32.2. The lowest BCUT2D eigenvalue weighted by molar-refractivity contribution is 1.31. The van der Waals surface area contributed by atoms with Gasteiger partial charge in [-0.2, -0.15) is 0 Å².